The van der Waals surface area contributed by atoms with Crippen molar-refractivity contribution in [2.75, 3.05) is 18.0 Å². The molecule has 0 aromatic carbocycles. The molecule has 0 unspecified atom stereocenters. The minimum Gasteiger partial charge on any atom is -0.356 e. The highest BCUT2D eigenvalue weighted by atomic mass is 32.2. The van der Waals surface area contributed by atoms with Crippen LogP contribution in [0.25, 0.3) is 0 Å². The summed E-state index contributed by atoms with van der Waals surface area (Å²) in [6.07, 6.45) is 3.65. The average Bonchev–Trinajstić information content (AvgIpc) is 2.63. The van der Waals surface area contributed by atoms with Crippen LogP contribution in [0.1, 0.15) is 25.5 Å². The highest BCUT2D eigenvalue weighted by Gasteiger charge is 2.24. The highest BCUT2D eigenvalue weighted by Crippen LogP contribution is 2.22. The third kappa shape index (κ3) is 4.95. The van der Waals surface area contributed by atoms with Gasteiger partial charge in [0, 0.05) is 31.0 Å². The maximum atomic E-state index is 12.4. The first-order valence-electron chi connectivity index (χ1n) is 8.68. The number of hydrogen-bond acceptors (Lipinski definition) is 5. The Morgan fingerprint density at radius 1 is 1.24 bits per heavy atom. The highest BCUT2D eigenvalue weighted by molar-refractivity contribution is 8.00. The molecule has 3 heterocycles. The Bertz CT molecular complexity index is 702. The molecular weight excluding hydrogens is 332 g/mol. The van der Waals surface area contributed by atoms with Crippen LogP contribution in [0.2, 0.25) is 0 Å². The normalized spacial score (nSPS) is 16.5. The smallest absolute Gasteiger partial charge is 0.233 e. The van der Waals surface area contributed by atoms with Gasteiger partial charge in [-0.1, -0.05) is 23.9 Å². The number of hydrogen-bond donors (Lipinski definition) is 1. The Morgan fingerprint density at radius 2 is 2.04 bits per heavy atom. The van der Waals surface area contributed by atoms with Crippen molar-refractivity contribution in [3.8, 4) is 0 Å². The summed E-state index contributed by atoms with van der Waals surface area (Å²) in [5, 5.41) is 3.92. The summed E-state index contributed by atoms with van der Waals surface area (Å²) in [4.78, 5) is 23.6. The maximum absolute atomic E-state index is 12.4. The fourth-order valence-corrected chi connectivity index (χ4v) is 3.74. The van der Waals surface area contributed by atoms with Gasteiger partial charge >= 0.3 is 0 Å². The van der Waals surface area contributed by atoms with Crippen LogP contribution in [0.3, 0.4) is 0 Å². The lowest BCUT2D eigenvalue weighted by Gasteiger charge is -2.33. The van der Waals surface area contributed by atoms with Crippen LogP contribution < -0.4 is 10.2 Å². The molecule has 1 aliphatic heterocycles. The third-order valence-corrected chi connectivity index (χ3v) is 5.39. The molecule has 1 saturated heterocycles. The van der Waals surface area contributed by atoms with Crippen LogP contribution in [0.15, 0.2) is 47.6 Å². The Labute approximate surface area is 153 Å². The third-order valence-electron chi connectivity index (χ3n) is 4.34. The molecule has 1 N–H and O–H groups in total. The summed E-state index contributed by atoms with van der Waals surface area (Å²) in [5.41, 5.74) is 1.04. The minimum atomic E-state index is -0.147. The quantitative estimate of drug-likeness (QED) is 0.835. The van der Waals surface area contributed by atoms with Crippen LogP contribution in [-0.4, -0.2) is 40.3 Å². The monoisotopic (exact) mass is 356 g/mol. The number of carbonyl (C=O) groups is 1. The van der Waals surface area contributed by atoms with E-state index in [1.54, 1.807) is 6.20 Å². The van der Waals surface area contributed by atoms with E-state index in [9.17, 15) is 4.79 Å². The van der Waals surface area contributed by atoms with Gasteiger partial charge in [-0.3, -0.25) is 4.79 Å². The first kappa shape index (κ1) is 17.7. The van der Waals surface area contributed by atoms with Crippen LogP contribution >= 0.6 is 11.8 Å². The van der Waals surface area contributed by atoms with Crippen molar-refractivity contribution in [1.29, 1.82) is 0 Å². The van der Waals surface area contributed by atoms with Crippen LogP contribution in [0, 0.1) is 6.92 Å². The molecule has 0 saturated carbocycles. The van der Waals surface area contributed by atoms with Crippen molar-refractivity contribution >= 4 is 23.5 Å². The zero-order valence-corrected chi connectivity index (χ0v) is 15.5. The SMILES string of the molecule is Cc1cccc(N2CCC(NC(=O)[C@@H](C)Sc3ccccn3)CC2)n1. The van der Waals surface area contributed by atoms with E-state index in [1.807, 2.05) is 44.2 Å². The molecule has 1 atom stereocenters. The molecule has 0 aliphatic carbocycles. The number of pyridine rings is 2. The number of nitrogens with zero attached hydrogens (tertiary/aromatic N) is 3. The van der Waals surface area contributed by atoms with Crippen molar-refractivity contribution in [3.05, 3.63) is 48.3 Å². The zero-order chi connectivity index (χ0) is 17.6. The number of nitrogens with one attached hydrogen (secondary N) is 1. The van der Waals surface area contributed by atoms with E-state index in [0.717, 1.165) is 42.5 Å². The standard InChI is InChI=1S/C19H24N4OS/c1-14-6-5-7-17(21-14)23-12-9-16(10-13-23)22-19(24)15(2)25-18-8-3-4-11-20-18/h3-8,11,15-16H,9-10,12-13H2,1-2H3,(H,22,24)/t15-/m1/s1. The first-order valence-corrected chi connectivity index (χ1v) is 9.56. The molecule has 0 spiro atoms. The fraction of sp³-hybridized carbons (Fsp3) is 0.421. The predicted octanol–water partition coefficient (Wildman–Crippen LogP) is 3.05. The van der Waals surface area contributed by atoms with Crippen molar-refractivity contribution in [2.45, 2.75) is 43.0 Å². The number of aryl methyl sites for hydroxylation is 1. The van der Waals surface area contributed by atoms with Gasteiger partial charge in [0.05, 0.1) is 10.3 Å². The fourth-order valence-electron chi connectivity index (χ4n) is 2.93. The molecule has 25 heavy (non-hydrogen) atoms. The molecule has 1 fully saturated rings. The van der Waals surface area contributed by atoms with Crippen molar-refractivity contribution in [2.24, 2.45) is 0 Å². The predicted molar refractivity (Wildman–Crippen MR) is 102 cm³/mol. The van der Waals surface area contributed by atoms with E-state index in [1.165, 1.54) is 11.8 Å². The number of amides is 1. The lowest BCUT2D eigenvalue weighted by atomic mass is 10.0. The van der Waals surface area contributed by atoms with E-state index in [4.69, 9.17) is 0 Å². The molecule has 2 aromatic rings. The summed E-state index contributed by atoms with van der Waals surface area (Å²) in [5.74, 6) is 1.12. The molecule has 1 aliphatic rings. The summed E-state index contributed by atoms with van der Waals surface area (Å²) in [6.45, 7) is 5.78. The second kappa shape index (κ2) is 8.34. The van der Waals surface area contributed by atoms with E-state index in [2.05, 4.69) is 26.3 Å². The zero-order valence-electron chi connectivity index (χ0n) is 14.7. The Balaban J connectivity index is 1.47. The summed E-state index contributed by atoms with van der Waals surface area (Å²) in [6, 6.07) is 12.1. The molecule has 132 valence electrons. The molecule has 0 bridgehead atoms. The minimum absolute atomic E-state index is 0.0859. The summed E-state index contributed by atoms with van der Waals surface area (Å²) < 4.78 is 0. The average molecular weight is 356 g/mol. The lowest BCUT2D eigenvalue weighted by molar-refractivity contribution is -0.121. The van der Waals surface area contributed by atoms with Crippen molar-refractivity contribution < 1.29 is 4.79 Å². The topological polar surface area (TPSA) is 58.1 Å². The van der Waals surface area contributed by atoms with Gasteiger partial charge in [-0.25, -0.2) is 9.97 Å². The molecule has 0 radical (unpaired) electrons. The van der Waals surface area contributed by atoms with E-state index in [-0.39, 0.29) is 17.2 Å². The molecular formula is C19H24N4OS. The first-order chi connectivity index (χ1) is 12.1. The molecule has 5 nitrogen and oxygen atoms in total. The van der Waals surface area contributed by atoms with Gasteiger partial charge in [-0.05, 0) is 51.0 Å². The Morgan fingerprint density at radius 3 is 2.72 bits per heavy atom. The molecule has 6 heteroatoms. The largest absolute Gasteiger partial charge is 0.356 e. The number of carbonyl (C=O) groups excluding carboxylic acids is 1. The van der Waals surface area contributed by atoms with Gasteiger partial charge in [0.2, 0.25) is 5.91 Å². The number of rotatable bonds is 5. The van der Waals surface area contributed by atoms with Crippen molar-refractivity contribution in [3.63, 3.8) is 0 Å². The lowest BCUT2D eigenvalue weighted by Crippen LogP contribution is -2.46. The Kier molecular flexibility index (Phi) is 5.91. The van der Waals surface area contributed by atoms with Crippen LogP contribution in [0.4, 0.5) is 5.82 Å². The van der Waals surface area contributed by atoms with Gasteiger partial charge in [-0.15, -0.1) is 0 Å². The summed E-state index contributed by atoms with van der Waals surface area (Å²) in [7, 11) is 0. The molecule has 3 rings (SSSR count). The molecule has 1 amide bonds. The number of aromatic nitrogens is 2. The van der Waals surface area contributed by atoms with Crippen molar-refractivity contribution in [1.82, 2.24) is 15.3 Å². The van der Waals surface area contributed by atoms with Crippen LogP contribution in [-0.2, 0) is 4.79 Å². The van der Waals surface area contributed by atoms with E-state index < -0.39 is 0 Å². The van der Waals surface area contributed by atoms with Gasteiger partial charge in [0.1, 0.15) is 5.82 Å². The van der Waals surface area contributed by atoms with E-state index >= 15 is 0 Å². The maximum Gasteiger partial charge on any atom is 0.233 e. The van der Waals surface area contributed by atoms with Gasteiger partial charge in [0.25, 0.3) is 0 Å². The van der Waals surface area contributed by atoms with Gasteiger partial charge < -0.3 is 10.2 Å². The number of thioether (sulfide) groups is 1. The van der Waals surface area contributed by atoms with Gasteiger partial charge in [-0.2, -0.15) is 0 Å². The Hall–Kier alpha value is -2.08. The van der Waals surface area contributed by atoms with Crippen LogP contribution in [0.5, 0.6) is 0 Å². The second-order valence-corrected chi connectivity index (χ2v) is 7.70. The summed E-state index contributed by atoms with van der Waals surface area (Å²) >= 11 is 1.50. The second-order valence-electron chi connectivity index (χ2n) is 6.34. The van der Waals surface area contributed by atoms with E-state index in [0.29, 0.717) is 0 Å². The van der Waals surface area contributed by atoms with Gasteiger partial charge in [0.15, 0.2) is 0 Å². The number of anilines is 1. The molecule has 2 aromatic heterocycles. The number of piperidine rings is 1.